The molecule has 1 atom stereocenters. The Balaban J connectivity index is 2.79. The predicted octanol–water partition coefficient (Wildman–Crippen LogP) is 1.68. The highest BCUT2D eigenvalue weighted by Crippen LogP contribution is 2.10. The Morgan fingerprint density at radius 2 is 1.95 bits per heavy atom. The van der Waals surface area contributed by atoms with E-state index in [9.17, 15) is 9.59 Å². The first-order valence-electron chi connectivity index (χ1n) is 6.47. The molecule has 0 fully saturated rings. The molecule has 106 valence electrons. The Morgan fingerprint density at radius 3 is 2.37 bits per heavy atom. The molecule has 0 spiro atoms. The van der Waals surface area contributed by atoms with E-state index in [4.69, 9.17) is 10.2 Å². The van der Waals surface area contributed by atoms with E-state index in [0.717, 1.165) is 0 Å². The quantitative estimate of drug-likeness (QED) is 0.795. The second-order valence-electron chi connectivity index (χ2n) is 5.23. The molecular weight excluding hydrogens is 244 g/mol. The molecule has 0 saturated carbocycles. The van der Waals surface area contributed by atoms with E-state index >= 15 is 0 Å². The van der Waals surface area contributed by atoms with Crippen molar-refractivity contribution >= 4 is 11.7 Å². The Morgan fingerprint density at radius 1 is 1.32 bits per heavy atom. The average Bonchev–Trinajstić information content (AvgIpc) is 2.87. The summed E-state index contributed by atoms with van der Waals surface area (Å²) in [6.07, 6.45) is 1.44. The van der Waals surface area contributed by atoms with E-state index in [0.29, 0.717) is 0 Å². The van der Waals surface area contributed by atoms with E-state index in [1.54, 1.807) is 12.1 Å². The number of hydrogen-bond donors (Lipinski definition) is 1. The van der Waals surface area contributed by atoms with Crippen LogP contribution in [0.5, 0.6) is 0 Å². The molecule has 0 aliphatic rings. The number of hydrogen-bond acceptors (Lipinski definition) is 4. The Hall–Kier alpha value is -1.62. The van der Waals surface area contributed by atoms with Crippen LogP contribution in [0.15, 0.2) is 22.8 Å². The maximum absolute atomic E-state index is 12.2. The number of carbonyl (C=O) groups is 2. The first-order valence-corrected chi connectivity index (χ1v) is 6.47. The minimum absolute atomic E-state index is 0.00949. The number of Topliss-reactive ketones (excluding diaryl/α,β-unsaturated/α-hetero) is 1. The molecule has 19 heavy (non-hydrogen) atoms. The number of furan rings is 1. The van der Waals surface area contributed by atoms with Crippen LogP contribution in [0.2, 0.25) is 0 Å². The minimum atomic E-state index is -0.591. The topological polar surface area (TPSA) is 76.5 Å². The van der Waals surface area contributed by atoms with Crippen LogP contribution in [-0.2, 0) is 4.79 Å². The third-order valence-corrected chi connectivity index (χ3v) is 3.02. The van der Waals surface area contributed by atoms with Crippen LogP contribution in [0.3, 0.4) is 0 Å². The van der Waals surface area contributed by atoms with Crippen molar-refractivity contribution in [2.24, 2.45) is 11.7 Å². The average molecular weight is 266 g/mol. The summed E-state index contributed by atoms with van der Waals surface area (Å²) >= 11 is 0. The summed E-state index contributed by atoms with van der Waals surface area (Å²) in [5.74, 6) is -0.128. The van der Waals surface area contributed by atoms with E-state index < -0.39 is 6.04 Å². The van der Waals surface area contributed by atoms with Crippen LogP contribution in [0.4, 0.5) is 0 Å². The number of rotatable bonds is 6. The van der Waals surface area contributed by atoms with Gasteiger partial charge in [-0.05, 0) is 31.9 Å². The lowest BCUT2D eigenvalue weighted by molar-refractivity contribution is -0.134. The van der Waals surface area contributed by atoms with Gasteiger partial charge in [0.15, 0.2) is 5.76 Å². The number of carbonyl (C=O) groups excluding carboxylic acids is 2. The van der Waals surface area contributed by atoms with Gasteiger partial charge in [-0.2, -0.15) is 0 Å². The van der Waals surface area contributed by atoms with Crippen LogP contribution in [0, 0.1) is 5.92 Å². The van der Waals surface area contributed by atoms with Crippen molar-refractivity contribution in [3.63, 3.8) is 0 Å². The van der Waals surface area contributed by atoms with Gasteiger partial charge < -0.3 is 15.1 Å². The normalized spacial score (nSPS) is 12.8. The monoisotopic (exact) mass is 266 g/mol. The van der Waals surface area contributed by atoms with Crippen LogP contribution in [0.25, 0.3) is 0 Å². The number of nitrogens with zero attached hydrogens (tertiary/aromatic N) is 1. The fourth-order valence-corrected chi connectivity index (χ4v) is 1.66. The second-order valence-corrected chi connectivity index (χ2v) is 5.23. The van der Waals surface area contributed by atoms with Crippen LogP contribution < -0.4 is 5.73 Å². The predicted molar refractivity (Wildman–Crippen MR) is 72.7 cm³/mol. The summed E-state index contributed by atoms with van der Waals surface area (Å²) in [7, 11) is 0. The molecule has 2 N–H and O–H groups in total. The number of amides is 1. The molecule has 1 heterocycles. The molecule has 1 aromatic rings. The van der Waals surface area contributed by atoms with Crippen molar-refractivity contribution in [3.8, 4) is 0 Å². The molecule has 1 unspecified atom stereocenters. The number of ketones is 1. The van der Waals surface area contributed by atoms with Gasteiger partial charge in [-0.1, -0.05) is 13.8 Å². The zero-order chi connectivity index (χ0) is 14.6. The van der Waals surface area contributed by atoms with Gasteiger partial charge in [-0.25, -0.2) is 0 Å². The van der Waals surface area contributed by atoms with Gasteiger partial charge in [-0.15, -0.1) is 0 Å². The van der Waals surface area contributed by atoms with E-state index in [2.05, 4.69) is 0 Å². The van der Waals surface area contributed by atoms with Crippen molar-refractivity contribution in [2.45, 2.75) is 39.8 Å². The van der Waals surface area contributed by atoms with Crippen molar-refractivity contribution in [3.05, 3.63) is 24.2 Å². The molecule has 5 nitrogen and oxygen atoms in total. The Bertz CT molecular complexity index is 424. The molecule has 0 aromatic carbocycles. The molecule has 1 rings (SSSR count). The maximum atomic E-state index is 12.2. The molecule has 0 radical (unpaired) electrons. The highest BCUT2D eigenvalue weighted by atomic mass is 16.3. The molecule has 0 aliphatic carbocycles. The summed E-state index contributed by atoms with van der Waals surface area (Å²) in [5, 5.41) is 0. The molecule has 0 aliphatic heterocycles. The number of nitrogens with two attached hydrogens (primary N) is 1. The summed E-state index contributed by atoms with van der Waals surface area (Å²) in [6, 6.07) is 2.56. The summed E-state index contributed by atoms with van der Waals surface area (Å²) in [6.45, 7) is 7.48. The van der Waals surface area contributed by atoms with Gasteiger partial charge >= 0.3 is 0 Å². The summed E-state index contributed by atoms with van der Waals surface area (Å²) in [5.41, 5.74) is 5.87. The SMILES string of the molecule is CC(C)C(N)C(=O)N(CC(=O)c1ccco1)C(C)C. The van der Waals surface area contributed by atoms with E-state index in [1.807, 2.05) is 27.7 Å². The molecule has 1 amide bonds. The van der Waals surface area contributed by atoms with Gasteiger partial charge in [0.05, 0.1) is 18.8 Å². The molecule has 0 saturated heterocycles. The maximum Gasteiger partial charge on any atom is 0.240 e. The Kier molecular flexibility index (Phi) is 5.30. The minimum Gasteiger partial charge on any atom is -0.461 e. The zero-order valence-electron chi connectivity index (χ0n) is 11.9. The first kappa shape index (κ1) is 15.4. The van der Waals surface area contributed by atoms with Crippen LogP contribution >= 0.6 is 0 Å². The summed E-state index contributed by atoms with van der Waals surface area (Å²) < 4.78 is 5.04. The molecule has 5 heteroatoms. The van der Waals surface area contributed by atoms with Gasteiger partial charge in [0.2, 0.25) is 11.7 Å². The summed E-state index contributed by atoms with van der Waals surface area (Å²) in [4.78, 5) is 25.7. The zero-order valence-corrected chi connectivity index (χ0v) is 11.9. The van der Waals surface area contributed by atoms with E-state index in [-0.39, 0.29) is 36.0 Å². The lowest BCUT2D eigenvalue weighted by Crippen LogP contribution is -2.50. The second kappa shape index (κ2) is 6.52. The molecular formula is C14H22N2O3. The van der Waals surface area contributed by atoms with E-state index in [1.165, 1.54) is 11.2 Å². The van der Waals surface area contributed by atoms with Crippen molar-refractivity contribution < 1.29 is 14.0 Å². The lowest BCUT2D eigenvalue weighted by atomic mass is 10.0. The molecule has 0 bridgehead atoms. The van der Waals surface area contributed by atoms with Crippen LogP contribution in [-0.4, -0.2) is 35.2 Å². The standard InChI is InChI=1S/C14H22N2O3/c1-9(2)13(15)14(18)16(10(3)4)8-11(17)12-6-5-7-19-12/h5-7,9-10,13H,8,15H2,1-4H3. The lowest BCUT2D eigenvalue weighted by Gasteiger charge is -2.29. The fourth-order valence-electron chi connectivity index (χ4n) is 1.66. The van der Waals surface area contributed by atoms with Crippen molar-refractivity contribution in [1.29, 1.82) is 0 Å². The highest BCUT2D eigenvalue weighted by molar-refractivity contribution is 5.97. The third-order valence-electron chi connectivity index (χ3n) is 3.02. The van der Waals surface area contributed by atoms with Crippen LogP contribution in [0.1, 0.15) is 38.2 Å². The smallest absolute Gasteiger partial charge is 0.240 e. The third kappa shape index (κ3) is 3.92. The molecule has 1 aromatic heterocycles. The van der Waals surface area contributed by atoms with Crippen molar-refractivity contribution in [1.82, 2.24) is 4.90 Å². The largest absolute Gasteiger partial charge is 0.461 e. The first-order chi connectivity index (χ1) is 8.84. The van der Waals surface area contributed by atoms with Gasteiger partial charge in [0.25, 0.3) is 0 Å². The van der Waals surface area contributed by atoms with Gasteiger partial charge in [0, 0.05) is 6.04 Å². The highest BCUT2D eigenvalue weighted by Gasteiger charge is 2.27. The van der Waals surface area contributed by atoms with Gasteiger partial charge in [0.1, 0.15) is 0 Å². The van der Waals surface area contributed by atoms with Crippen molar-refractivity contribution in [2.75, 3.05) is 6.54 Å². The fraction of sp³-hybridized carbons (Fsp3) is 0.571. The van der Waals surface area contributed by atoms with Gasteiger partial charge in [-0.3, -0.25) is 9.59 Å². The Labute approximate surface area is 113 Å².